The largest absolute Gasteiger partial charge is 0.469 e. The molecule has 0 aromatic rings. The van der Waals surface area contributed by atoms with Crippen LogP contribution >= 0.6 is 0 Å². The van der Waals surface area contributed by atoms with Crippen molar-refractivity contribution in [3.8, 4) is 0 Å². The highest BCUT2D eigenvalue weighted by atomic mass is 19.1. The first-order valence-corrected chi connectivity index (χ1v) is 2.90. The van der Waals surface area contributed by atoms with Crippen LogP contribution in [0.4, 0.5) is 4.39 Å². The Morgan fingerprint density at radius 1 is 1.36 bits per heavy atom. The van der Waals surface area contributed by atoms with Crippen molar-refractivity contribution in [2.75, 3.05) is 14.2 Å². The van der Waals surface area contributed by atoms with Gasteiger partial charge in [0.05, 0.1) is 20.6 Å². The minimum Gasteiger partial charge on any atom is -0.469 e. The summed E-state index contributed by atoms with van der Waals surface area (Å²) in [4.78, 5) is 20.7. The van der Waals surface area contributed by atoms with Crippen LogP contribution in [0.1, 0.15) is 6.42 Å². The molecule has 0 saturated carbocycles. The summed E-state index contributed by atoms with van der Waals surface area (Å²) in [5.41, 5.74) is 0. The van der Waals surface area contributed by atoms with Crippen molar-refractivity contribution < 1.29 is 23.5 Å². The van der Waals surface area contributed by atoms with E-state index in [4.69, 9.17) is 0 Å². The molecule has 0 spiro atoms. The van der Waals surface area contributed by atoms with Crippen molar-refractivity contribution in [3.63, 3.8) is 0 Å². The Kier molecular flexibility index (Phi) is 4.17. The van der Waals surface area contributed by atoms with Crippen molar-refractivity contribution in [1.82, 2.24) is 0 Å². The van der Waals surface area contributed by atoms with Gasteiger partial charge < -0.3 is 9.47 Å². The van der Waals surface area contributed by atoms with E-state index < -0.39 is 24.5 Å². The summed E-state index contributed by atoms with van der Waals surface area (Å²) in [6.45, 7) is 0. The van der Waals surface area contributed by atoms with Crippen LogP contribution in [0.25, 0.3) is 0 Å². The molecule has 0 aromatic heterocycles. The number of esters is 2. The van der Waals surface area contributed by atoms with E-state index in [0.717, 1.165) is 14.2 Å². The van der Waals surface area contributed by atoms with Crippen molar-refractivity contribution in [1.29, 1.82) is 0 Å². The first-order valence-electron chi connectivity index (χ1n) is 2.90. The fourth-order valence-corrected chi connectivity index (χ4v) is 0.441. The van der Waals surface area contributed by atoms with Crippen LogP contribution in [0.3, 0.4) is 0 Å². The van der Waals surface area contributed by atoms with Gasteiger partial charge in [0.2, 0.25) is 6.17 Å². The topological polar surface area (TPSA) is 52.6 Å². The second kappa shape index (κ2) is 4.65. The number of halogens is 1. The Morgan fingerprint density at radius 3 is 2.27 bits per heavy atom. The lowest BCUT2D eigenvalue weighted by molar-refractivity contribution is -0.152. The number of rotatable bonds is 3. The van der Waals surface area contributed by atoms with E-state index in [1.54, 1.807) is 0 Å². The molecule has 0 saturated heterocycles. The zero-order valence-corrected chi connectivity index (χ0v) is 6.30. The molecule has 0 aromatic carbocycles. The molecule has 5 heteroatoms. The summed E-state index contributed by atoms with van der Waals surface area (Å²) in [5.74, 6) is -1.83. The lowest BCUT2D eigenvalue weighted by atomic mass is 10.3. The van der Waals surface area contributed by atoms with Crippen molar-refractivity contribution in [2.24, 2.45) is 0 Å². The van der Waals surface area contributed by atoms with Gasteiger partial charge in [0, 0.05) is 0 Å². The first-order chi connectivity index (χ1) is 5.11. The van der Waals surface area contributed by atoms with Gasteiger partial charge in [0.1, 0.15) is 0 Å². The quantitative estimate of drug-likeness (QED) is 0.553. The van der Waals surface area contributed by atoms with Gasteiger partial charge in [0.25, 0.3) is 0 Å². The molecule has 0 aliphatic heterocycles. The molecule has 0 rings (SSSR count). The van der Waals surface area contributed by atoms with Gasteiger partial charge in [-0.3, -0.25) is 4.79 Å². The van der Waals surface area contributed by atoms with Crippen LogP contribution in [0.2, 0.25) is 0 Å². The van der Waals surface area contributed by atoms with Crippen LogP contribution in [-0.4, -0.2) is 32.3 Å². The van der Waals surface area contributed by atoms with Crippen LogP contribution in [0.15, 0.2) is 0 Å². The zero-order chi connectivity index (χ0) is 8.85. The molecule has 0 heterocycles. The summed E-state index contributed by atoms with van der Waals surface area (Å²) < 4.78 is 20.6. The van der Waals surface area contributed by atoms with Gasteiger partial charge in [-0.2, -0.15) is 0 Å². The lowest BCUT2D eigenvalue weighted by Gasteiger charge is -2.02. The monoisotopic (exact) mass is 164 g/mol. The third-order valence-electron chi connectivity index (χ3n) is 1.03. The average Bonchev–Trinajstić information content (AvgIpc) is 2.02. The summed E-state index contributed by atoms with van der Waals surface area (Å²) in [5, 5.41) is 0. The van der Waals surface area contributed by atoms with E-state index in [0.29, 0.717) is 0 Å². The molecule has 11 heavy (non-hydrogen) atoms. The van der Waals surface area contributed by atoms with Gasteiger partial charge >= 0.3 is 11.9 Å². The second-order valence-corrected chi connectivity index (χ2v) is 1.77. The molecule has 0 fully saturated rings. The second-order valence-electron chi connectivity index (χ2n) is 1.77. The predicted octanol–water partition coefficient (Wildman–Crippen LogP) is 0.0606. The molecule has 0 aliphatic carbocycles. The molecule has 64 valence electrons. The Morgan fingerprint density at radius 2 is 1.91 bits per heavy atom. The third-order valence-corrected chi connectivity index (χ3v) is 1.03. The number of hydrogen-bond donors (Lipinski definition) is 0. The maximum Gasteiger partial charge on any atom is 0.341 e. The number of carbonyl (C=O) groups is 2. The molecular formula is C6H9FO4. The average molecular weight is 164 g/mol. The molecule has 0 unspecified atom stereocenters. The molecule has 0 radical (unpaired) electrons. The molecule has 0 amide bonds. The number of alkyl halides is 1. The highest BCUT2D eigenvalue weighted by Gasteiger charge is 2.21. The number of hydrogen-bond acceptors (Lipinski definition) is 4. The maximum absolute atomic E-state index is 12.5. The van der Waals surface area contributed by atoms with E-state index in [9.17, 15) is 14.0 Å². The standard InChI is InChI=1S/C6H9FO4/c1-10-5(8)3-4(7)6(9)11-2/h4H,3H2,1-2H3/t4-/m1/s1. The van der Waals surface area contributed by atoms with Crippen LogP contribution < -0.4 is 0 Å². The van der Waals surface area contributed by atoms with Gasteiger partial charge in [-0.1, -0.05) is 0 Å². The van der Waals surface area contributed by atoms with Crippen molar-refractivity contribution >= 4 is 11.9 Å². The zero-order valence-electron chi connectivity index (χ0n) is 6.30. The van der Waals surface area contributed by atoms with E-state index in [-0.39, 0.29) is 0 Å². The Hall–Kier alpha value is -1.13. The Balaban J connectivity index is 3.77. The summed E-state index contributed by atoms with van der Waals surface area (Å²) in [7, 11) is 2.17. The predicted molar refractivity (Wildman–Crippen MR) is 33.5 cm³/mol. The molecule has 0 N–H and O–H groups in total. The normalized spacial score (nSPS) is 11.9. The third kappa shape index (κ3) is 3.54. The van der Waals surface area contributed by atoms with Gasteiger partial charge in [-0.15, -0.1) is 0 Å². The molecule has 4 nitrogen and oxygen atoms in total. The van der Waals surface area contributed by atoms with Gasteiger partial charge in [-0.25, -0.2) is 9.18 Å². The van der Waals surface area contributed by atoms with E-state index >= 15 is 0 Å². The maximum atomic E-state index is 12.5. The molecular weight excluding hydrogens is 155 g/mol. The summed E-state index contributed by atoms with van der Waals surface area (Å²) in [6.07, 6.45) is -2.52. The minimum atomic E-state index is -1.92. The van der Waals surface area contributed by atoms with Crippen LogP contribution in [-0.2, 0) is 19.1 Å². The highest BCUT2D eigenvalue weighted by molar-refractivity contribution is 5.81. The molecule has 0 bridgehead atoms. The van der Waals surface area contributed by atoms with E-state index in [1.165, 1.54) is 0 Å². The summed E-state index contributed by atoms with van der Waals surface area (Å²) >= 11 is 0. The Bertz CT molecular complexity index is 157. The molecule has 1 atom stereocenters. The fraction of sp³-hybridized carbons (Fsp3) is 0.667. The van der Waals surface area contributed by atoms with Crippen LogP contribution in [0.5, 0.6) is 0 Å². The van der Waals surface area contributed by atoms with E-state index in [1.807, 2.05) is 0 Å². The number of ether oxygens (including phenoxy) is 2. The Labute approximate surface area is 63.3 Å². The van der Waals surface area contributed by atoms with Crippen LogP contribution in [0, 0.1) is 0 Å². The molecule has 0 aliphatic rings. The SMILES string of the molecule is COC(=O)C[C@@H](F)C(=O)OC. The summed E-state index contributed by atoms with van der Waals surface area (Å²) in [6, 6.07) is 0. The number of carbonyl (C=O) groups excluding carboxylic acids is 2. The first kappa shape index (κ1) is 9.87. The van der Waals surface area contributed by atoms with Crippen molar-refractivity contribution in [2.45, 2.75) is 12.6 Å². The smallest absolute Gasteiger partial charge is 0.341 e. The van der Waals surface area contributed by atoms with Gasteiger partial charge in [0.15, 0.2) is 0 Å². The highest BCUT2D eigenvalue weighted by Crippen LogP contribution is 2.00. The number of methoxy groups -OCH3 is 2. The van der Waals surface area contributed by atoms with E-state index in [2.05, 4.69) is 9.47 Å². The minimum absolute atomic E-state index is 0.594. The van der Waals surface area contributed by atoms with Gasteiger partial charge in [-0.05, 0) is 0 Å². The fourth-order valence-electron chi connectivity index (χ4n) is 0.441. The van der Waals surface area contributed by atoms with Crippen molar-refractivity contribution in [3.05, 3.63) is 0 Å². The lowest BCUT2D eigenvalue weighted by Crippen LogP contribution is -2.21.